The summed E-state index contributed by atoms with van der Waals surface area (Å²) in [6, 6.07) is 6.10. The van der Waals surface area contributed by atoms with Gasteiger partial charge in [-0.3, -0.25) is 0 Å². The van der Waals surface area contributed by atoms with Gasteiger partial charge in [0.25, 0.3) is 0 Å². The molecule has 2 rings (SSSR count). The molecule has 0 atom stereocenters. The third-order valence-electron chi connectivity index (χ3n) is 3.06. The van der Waals surface area contributed by atoms with E-state index in [1.54, 1.807) is 30.5 Å². The van der Waals surface area contributed by atoms with Crippen LogP contribution in [0.15, 0.2) is 24.3 Å². The molecule has 0 saturated carbocycles. The highest BCUT2D eigenvalue weighted by Crippen LogP contribution is 2.25. The molecule has 1 N–H and O–H groups in total. The van der Waals surface area contributed by atoms with Gasteiger partial charge in [-0.15, -0.1) is 0 Å². The van der Waals surface area contributed by atoms with Gasteiger partial charge in [-0.05, 0) is 32.0 Å². The summed E-state index contributed by atoms with van der Waals surface area (Å²) in [4.78, 5) is 11.1. The Labute approximate surface area is 110 Å². The minimum absolute atomic E-state index is 0.157. The predicted molar refractivity (Wildman–Crippen MR) is 68.7 cm³/mol. The molecule has 0 aliphatic heterocycles. The lowest BCUT2D eigenvalue weighted by Gasteiger charge is -2.11. The van der Waals surface area contributed by atoms with E-state index >= 15 is 0 Å². The Morgan fingerprint density at radius 2 is 2.00 bits per heavy atom. The molecule has 0 radical (unpaired) electrons. The zero-order valence-electron chi connectivity index (χ0n) is 10.9. The monoisotopic (exact) mass is 263 g/mol. The maximum absolute atomic E-state index is 13.7. The number of hydrogen-bond acceptors (Lipinski definition) is 2. The minimum Gasteiger partial charge on any atom is -0.494 e. The molecule has 1 aromatic carbocycles. The number of halogens is 1. The average Bonchev–Trinajstić information content (AvgIpc) is 2.65. The lowest BCUT2D eigenvalue weighted by Crippen LogP contribution is -2.03. The van der Waals surface area contributed by atoms with Crippen LogP contribution in [0.5, 0.6) is 5.75 Å². The fourth-order valence-corrected chi connectivity index (χ4v) is 2.17. The zero-order valence-corrected chi connectivity index (χ0v) is 10.9. The van der Waals surface area contributed by atoms with Crippen LogP contribution < -0.4 is 4.74 Å². The van der Waals surface area contributed by atoms with Gasteiger partial charge in [0.05, 0.1) is 12.7 Å². The van der Waals surface area contributed by atoms with Gasteiger partial charge in [-0.1, -0.05) is 0 Å². The van der Waals surface area contributed by atoms with Crippen molar-refractivity contribution in [1.29, 1.82) is 0 Å². The van der Waals surface area contributed by atoms with Crippen molar-refractivity contribution >= 4 is 5.97 Å². The van der Waals surface area contributed by atoms with Crippen molar-refractivity contribution in [3.05, 3.63) is 47.0 Å². The van der Waals surface area contributed by atoms with Gasteiger partial charge in [-0.25, -0.2) is 9.18 Å². The largest absolute Gasteiger partial charge is 0.494 e. The molecule has 0 fully saturated rings. The molecule has 0 saturated heterocycles. The van der Waals surface area contributed by atoms with Crippen molar-refractivity contribution in [1.82, 2.24) is 4.57 Å². The number of aromatic nitrogens is 1. The van der Waals surface area contributed by atoms with Crippen LogP contribution in [0.4, 0.5) is 4.39 Å². The summed E-state index contributed by atoms with van der Waals surface area (Å²) in [5.74, 6) is -1.32. The highest BCUT2D eigenvalue weighted by Gasteiger charge is 2.16. The van der Waals surface area contributed by atoms with Crippen LogP contribution in [0.1, 0.15) is 21.7 Å². The topological polar surface area (TPSA) is 51.5 Å². The highest BCUT2D eigenvalue weighted by molar-refractivity contribution is 5.89. The van der Waals surface area contributed by atoms with E-state index in [2.05, 4.69) is 0 Å². The third-order valence-corrected chi connectivity index (χ3v) is 3.06. The van der Waals surface area contributed by atoms with Crippen LogP contribution in [0.2, 0.25) is 0 Å². The van der Waals surface area contributed by atoms with Gasteiger partial charge < -0.3 is 14.4 Å². The number of methoxy groups -OCH3 is 1. The quantitative estimate of drug-likeness (QED) is 0.926. The molecule has 0 spiro atoms. The Kier molecular flexibility index (Phi) is 3.29. The van der Waals surface area contributed by atoms with Crippen LogP contribution >= 0.6 is 0 Å². The van der Waals surface area contributed by atoms with E-state index in [0.29, 0.717) is 11.4 Å². The van der Waals surface area contributed by atoms with E-state index in [4.69, 9.17) is 9.84 Å². The lowest BCUT2D eigenvalue weighted by molar-refractivity contribution is 0.0696. The second kappa shape index (κ2) is 4.76. The number of hydrogen-bond donors (Lipinski definition) is 1. The van der Waals surface area contributed by atoms with Crippen LogP contribution in [0.3, 0.4) is 0 Å². The fourth-order valence-electron chi connectivity index (χ4n) is 2.17. The summed E-state index contributed by atoms with van der Waals surface area (Å²) in [5.41, 5.74) is 2.09. The van der Waals surface area contributed by atoms with Crippen molar-refractivity contribution in [2.24, 2.45) is 0 Å². The van der Waals surface area contributed by atoms with Gasteiger partial charge >= 0.3 is 5.97 Å². The van der Waals surface area contributed by atoms with Crippen molar-refractivity contribution in [3.8, 4) is 11.4 Å². The third kappa shape index (κ3) is 2.19. The number of carboxylic acid groups (broad SMARTS) is 1. The molecular formula is C14H14FNO3. The second-order valence-electron chi connectivity index (χ2n) is 4.24. The van der Waals surface area contributed by atoms with Crippen molar-refractivity contribution in [2.45, 2.75) is 13.8 Å². The molecule has 1 heterocycles. The molecular weight excluding hydrogens is 249 g/mol. The number of benzene rings is 1. The Hall–Kier alpha value is -2.30. The first-order valence-electron chi connectivity index (χ1n) is 5.72. The summed E-state index contributed by atoms with van der Waals surface area (Å²) in [7, 11) is 1.40. The summed E-state index contributed by atoms with van der Waals surface area (Å²) < 4.78 is 20.3. The van der Waals surface area contributed by atoms with E-state index in [0.717, 1.165) is 5.69 Å². The number of carbonyl (C=O) groups is 1. The SMILES string of the molecule is COc1ccc(-n2c(C)cc(C(=O)O)c2C)cc1F. The molecule has 0 aliphatic rings. The van der Waals surface area contributed by atoms with Gasteiger partial charge in [0, 0.05) is 23.1 Å². The summed E-state index contributed by atoms with van der Waals surface area (Å²) >= 11 is 0. The average molecular weight is 263 g/mol. The van der Waals surface area contributed by atoms with Crippen molar-refractivity contribution in [3.63, 3.8) is 0 Å². The molecule has 5 heteroatoms. The Morgan fingerprint density at radius 3 is 2.47 bits per heavy atom. The second-order valence-corrected chi connectivity index (χ2v) is 4.24. The van der Waals surface area contributed by atoms with Gasteiger partial charge in [0.2, 0.25) is 0 Å². The summed E-state index contributed by atoms with van der Waals surface area (Å²) in [6.45, 7) is 3.47. The fraction of sp³-hybridized carbons (Fsp3) is 0.214. The van der Waals surface area contributed by atoms with Crippen molar-refractivity contribution in [2.75, 3.05) is 7.11 Å². The maximum Gasteiger partial charge on any atom is 0.337 e. The van der Waals surface area contributed by atoms with Crippen LogP contribution in [-0.2, 0) is 0 Å². The molecule has 0 amide bonds. The standard InChI is InChI=1S/C14H14FNO3/c1-8-6-11(14(17)18)9(2)16(8)10-4-5-13(19-3)12(15)7-10/h4-7H,1-3H3,(H,17,18). The Bertz CT molecular complexity index is 646. The van der Waals surface area contributed by atoms with E-state index in [1.807, 2.05) is 0 Å². The molecule has 0 bridgehead atoms. The summed E-state index contributed by atoms with van der Waals surface area (Å²) in [5, 5.41) is 9.08. The lowest BCUT2D eigenvalue weighted by atomic mass is 10.2. The minimum atomic E-state index is -0.992. The molecule has 19 heavy (non-hydrogen) atoms. The number of carboxylic acids is 1. The number of ether oxygens (including phenoxy) is 1. The highest BCUT2D eigenvalue weighted by atomic mass is 19.1. The normalized spacial score (nSPS) is 10.5. The Morgan fingerprint density at radius 1 is 1.32 bits per heavy atom. The van der Waals surface area contributed by atoms with Crippen LogP contribution in [0, 0.1) is 19.7 Å². The molecule has 0 aliphatic carbocycles. The first-order chi connectivity index (χ1) is 8.95. The van der Waals surface area contributed by atoms with E-state index in [9.17, 15) is 9.18 Å². The maximum atomic E-state index is 13.7. The van der Waals surface area contributed by atoms with E-state index in [1.165, 1.54) is 19.2 Å². The molecule has 1 aromatic heterocycles. The molecule has 0 unspecified atom stereocenters. The predicted octanol–water partition coefficient (Wildman–Crippen LogP) is 2.94. The first kappa shape index (κ1) is 13.1. The number of aromatic carboxylic acids is 1. The number of aryl methyl sites for hydroxylation is 1. The Balaban J connectivity index is 2.59. The number of nitrogens with zero attached hydrogens (tertiary/aromatic N) is 1. The van der Waals surface area contributed by atoms with E-state index in [-0.39, 0.29) is 11.3 Å². The molecule has 100 valence electrons. The zero-order chi connectivity index (χ0) is 14.2. The van der Waals surface area contributed by atoms with Crippen molar-refractivity contribution < 1.29 is 19.0 Å². The van der Waals surface area contributed by atoms with Gasteiger partial charge in [-0.2, -0.15) is 0 Å². The van der Waals surface area contributed by atoms with Crippen LogP contribution in [0.25, 0.3) is 5.69 Å². The van der Waals surface area contributed by atoms with Crippen LogP contribution in [-0.4, -0.2) is 22.8 Å². The molecule has 4 nitrogen and oxygen atoms in total. The first-order valence-corrected chi connectivity index (χ1v) is 5.72. The summed E-state index contributed by atoms with van der Waals surface area (Å²) in [6.07, 6.45) is 0. The molecule has 2 aromatic rings. The smallest absolute Gasteiger partial charge is 0.337 e. The van der Waals surface area contributed by atoms with Gasteiger partial charge in [0.15, 0.2) is 11.6 Å². The van der Waals surface area contributed by atoms with E-state index < -0.39 is 11.8 Å². The number of rotatable bonds is 3. The van der Waals surface area contributed by atoms with Gasteiger partial charge in [0.1, 0.15) is 0 Å².